The van der Waals surface area contributed by atoms with Gasteiger partial charge in [-0.25, -0.2) is 4.99 Å². The lowest BCUT2D eigenvalue weighted by Gasteiger charge is -2.28. The van der Waals surface area contributed by atoms with E-state index in [1.807, 2.05) is 29.3 Å². The van der Waals surface area contributed by atoms with Gasteiger partial charge in [0.05, 0.1) is 23.6 Å². The molecule has 6 heteroatoms. The van der Waals surface area contributed by atoms with E-state index in [9.17, 15) is 4.79 Å². The molecule has 0 spiro atoms. The van der Waals surface area contributed by atoms with Crippen LogP contribution in [-0.2, 0) is 17.8 Å². The number of benzene rings is 2. The number of unbranched alkanes of at least 4 members (excludes halogenated alkanes) is 11. The Kier molecular flexibility index (Phi) is 17.3. The fourth-order valence-corrected chi connectivity index (χ4v) is 5.88. The molecule has 1 heterocycles. The SMILES string of the molecule is CCCCCCCCCCCCCCOc1cc(CN(C(C)=O)c2ccc(CC3(C)C[NH+]=CC=C3C)cc2)ccc1Cl.[Br-]. The van der Waals surface area contributed by atoms with Crippen molar-refractivity contribution in [3.63, 3.8) is 0 Å². The number of nitrogens with zero attached hydrogens (tertiary/aromatic N) is 1. The maximum atomic E-state index is 12.7. The molecule has 1 N–H and O–H groups in total. The summed E-state index contributed by atoms with van der Waals surface area (Å²) in [7, 11) is 0. The van der Waals surface area contributed by atoms with Crippen molar-refractivity contribution in [1.82, 2.24) is 0 Å². The van der Waals surface area contributed by atoms with E-state index in [4.69, 9.17) is 16.3 Å². The van der Waals surface area contributed by atoms with Gasteiger partial charge in [-0.05, 0) is 62.1 Å². The van der Waals surface area contributed by atoms with Crippen LogP contribution in [0.3, 0.4) is 0 Å². The second kappa shape index (κ2) is 20.0. The van der Waals surface area contributed by atoms with Crippen LogP contribution in [0.15, 0.2) is 54.1 Å². The van der Waals surface area contributed by atoms with Crippen molar-refractivity contribution in [2.45, 2.75) is 118 Å². The van der Waals surface area contributed by atoms with Crippen molar-refractivity contribution in [1.29, 1.82) is 0 Å². The molecular formula is C37H54BrClN2O2. The number of carbonyl (C=O) groups excluding carboxylic acids is 1. The second-order valence-electron chi connectivity index (χ2n) is 12.4. The average molecular weight is 674 g/mol. The molecule has 0 aliphatic carbocycles. The zero-order valence-corrected chi connectivity index (χ0v) is 29.4. The normalized spacial score (nSPS) is 16.0. The lowest BCUT2D eigenvalue weighted by Crippen LogP contribution is -3.00. The van der Waals surface area contributed by atoms with Gasteiger partial charge in [-0.15, -0.1) is 0 Å². The summed E-state index contributed by atoms with van der Waals surface area (Å²) in [6, 6.07) is 14.2. The summed E-state index contributed by atoms with van der Waals surface area (Å²) in [4.78, 5) is 17.8. The summed E-state index contributed by atoms with van der Waals surface area (Å²) in [6.07, 6.45) is 21.0. The number of anilines is 1. The summed E-state index contributed by atoms with van der Waals surface area (Å²) >= 11 is 6.47. The van der Waals surface area contributed by atoms with Crippen molar-refractivity contribution >= 4 is 29.4 Å². The first-order valence-electron chi connectivity index (χ1n) is 16.3. The summed E-state index contributed by atoms with van der Waals surface area (Å²) < 4.78 is 6.08. The number of hydrogen-bond donors (Lipinski definition) is 1. The van der Waals surface area contributed by atoms with E-state index < -0.39 is 0 Å². The van der Waals surface area contributed by atoms with Gasteiger partial charge < -0.3 is 26.6 Å². The first-order valence-corrected chi connectivity index (χ1v) is 16.7. The Morgan fingerprint density at radius 2 is 1.49 bits per heavy atom. The fourth-order valence-electron chi connectivity index (χ4n) is 5.70. The minimum atomic E-state index is 0. The third-order valence-corrected chi connectivity index (χ3v) is 9.02. The smallest absolute Gasteiger partial charge is 0.224 e. The standard InChI is InChI=1S/C37H53ClN2O2.BrH/c1-5-6-7-8-9-10-11-12-13-14-15-16-25-42-36-26-33(19-22-35(36)38)28-40(31(3)41)34-20-17-32(18-21-34)27-37(4)29-39-24-23-30(37)2;/h17-24,26H,5-16,25,27-29H2,1-4H3;1H. The molecule has 1 aliphatic heterocycles. The van der Waals surface area contributed by atoms with Crippen molar-refractivity contribution in [3.05, 3.63) is 70.3 Å². The van der Waals surface area contributed by atoms with E-state index in [-0.39, 0.29) is 28.3 Å². The van der Waals surface area contributed by atoms with Gasteiger partial charge in [0.1, 0.15) is 12.3 Å². The van der Waals surface area contributed by atoms with Crippen LogP contribution in [0.2, 0.25) is 5.02 Å². The topological polar surface area (TPSA) is 43.5 Å². The van der Waals surface area contributed by atoms with E-state index in [0.29, 0.717) is 23.9 Å². The Morgan fingerprint density at radius 3 is 2.07 bits per heavy atom. The molecule has 4 nitrogen and oxygen atoms in total. The minimum absolute atomic E-state index is 0. The van der Waals surface area contributed by atoms with Gasteiger partial charge in [0.2, 0.25) is 5.91 Å². The molecule has 43 heavy (non-hydrogen) atoms. The van der Waals surface area contributed by atoms with Crippen LogP contribution in [0.4, 0.5) is 5.69 Å². The largest absolute Gasteiger partial charge is 1.00 e. The van der Waals surface area contributed by atoms with Crippen LogP contribution in [0.1, 0.15) is 116 Å². The average Bonchev–Trinajstić information content (AvgIpc) is 2.97. The number of hydrogen-bond acceptors (Lipinski definition) is 2. The number of amides is 1. The molecule has 0 radical (unpaired) electrons. The molecule has 0 aromatic heterocycles. The molecule has 3 rings (SSSR count). The minimum Gasteiger partial charge on any atom is -1.00 e. The van der Waals surface area contributed by atoms with E-state index >= 15 is 0 Å². The summed E-state index contributed by atoms with van der Waals surface area (Å²) in [6.45, 7) is 10.5. The number of rotatable bonds is 19. The molecule has 1 amide bonds. The van der Waals surface area contributed by atoms with Crippen LogP contribution >= 0.6 is 11.6 Å². The van der Waals surface area contributed by atoms with Crippen molar-refractivity contribution in [2.75, 3.05) is 18.1 Å². The maximum Gasteiger partial charge on any atom is 0.224 e. The summed E-state index contributed by atoms with van der Waals surface area (Å²) in [5.74, 6) is 0.709. The van der Waals surface area contributed by atoms with Gasteiger partial charge >= 0.3 is 0 Å². The first-order chi connectivity index (χ1) is 20.3. The van der Waals surface area contributed by atoms with Crippen molar-refractivity contribution in [3.8, 4) is 5.75 Å². The van der Waals surface area contributed by atoms with Gasteiger partial charge in [0.15, 0.2) is 6.21 Å². The highest BCUT2D eigenvalue weighted by atomic mass is 79.9. The van der Waals surface area contributed by atoms with Crippen LogP contribution in [-0.4, -0.2) is 25.3 Å². The van der Waals surface area contributed by atoms with E-state index in [2.05, 4.69) is 56.1 Å². The van der Waals surface area contributed by atoms with Gasteiger partial charge in [0.25, 0.3) is 0 Å². The van der Waals surface area contributed by atoms with Crippen LogP contribution < -0.4 is 31.6 Å². The van der Waals surface area contributed by atoms with Crippen LogP contribution in [0.5, 0.6) is 5.75 Å². The molecule has 1 aliphatic rings. The molecule has 238 valence electrons. The number of carbonyl (C=O) groups is 1. The number of ether oxygens (including phenoxy) is 1. The molecule has 0 bridgehead atoms. The second-order valence-corrected chi connectivity index (χ2v) is 12.8. The number of halogens is 2. The number of allylic oxidation sites excluding steroid dienone is 1. The Balaban J connectivity index is 0.00000645. The Hall–Kier alpha value is -2.11. The number of nitrogens with one attached hydrogen (secondary N) is 1. The highest BCUT2D eigenvalue weighted by Crippen LogP contribution is 2.31. The molecule has 0 saturated heterocycles. The molecule has 2 aromatic carbocycles. The molecule has 0 fully saturated rings. The van der Waals surface area contributed by atoms with E-state index in [0.717, 1.165) is 30.6 Å². The molecule has 2 aromatic rings. The predicted octanol–water partition coefficient (Wildman–Crippen LogP) is 5.64. The Morgan fingerprint density at radius 1 is 0.907 bits per heavy atom. The highest BCUT2D eigenvalue weighted by Gasteiger charge is 2.31. The summed E-state index contributed by atoms with van der Waals surface area (Å²) in [5.41, 5.74) is 4.63. The molecule has 1 unspecified atom stereocenters. The zero-order chi connectivity index (χ0) is 30.2. The van der Waals surface area contributed by atoms with E-state index in [1.165, 1.54) is 81.8 Å². The van der Waals surface area contributed by atoms with Crippen molar-refractivity contribution < 1.29 is 31.5 Å². The van der Waals surface area contributed by atoms with Crippen molar-refractivity contribution in [2.24, 2.45) is 5.41 Å². The van der Waals surface area contributed by atoms with Gasteiger partial charge in [-0.3, -0.25) is 4.79 Å². The van der Waals surface area contributed by atoms with Gasteiger partial charge in [-0.1, -0.05) is 113 Å². The third kappa shape index (κ3) is 12.8. The quantitative estimate of drug-likeness (QED) is 0.196. The lowest BCUT2D eigenvalue weighted by molar-refractivity contribution is -0.469. The van der Waals surface area contributed by atoms with Crippen LogP contribution in [0, 0.1) is 5.41 Å². The summed E-state index contributed by atoms with van der Waals surface area (Å²) in [5, 5.41) is 0.615. The lowest BCUT2D eigenvalue weighted by atomic mass is 9.76. The molecule has 1 atom stereocenters. The Labute approximate surface area is 277 Å². The fraction of sp³-hybridized carbons (Fsp3) is 0.568. The van der Waals surface area contributed by atoms with E-state index in [1.54, 1.807) is 6.92 Å². The Bertz CT molecular complexity index is 1160. The zero-order valence-electron chi connectivity index (χ0n) is 27.0. The first kappa shape index (κ1) is 37.1. The van der Waals surface area contributed by atoms with Gasteiger partial charge in [-0.2, -0.15) is 0 Å². The predicted molar refractivity (Wildman–Crippen MR) is 179 cm³/mol. The maximum absolute atomic E-state index is 12.7. The third-order valence-electron chi connectivity index (χ3n) is 8.71. The van der Waals surface area contributed by atoms with Crippen LogP contribution in [0.25, 0.3) is 0 Å². The monoisotopic (exact) mass is 672 g/mol. The highest BCUT2D eigenvalue weighted by molar-refractivity contribution is 6.32. The molecular weight excluding hydrogens is 620 g/mol. The van der Waals surface area contributed by atoms with Gasteiger partial charge in [0, 0.05) is 18.7 Å². The molecule has 0 saturated carbocycles.